The molecule has 1 N–H and O–H groups in total. The third-order valence-electron chi connectivity index (χ3n) is 4.02. The van der Waals surface area contributed by atoms with Gasteiger partial charge in [0, 0.05) is 12.6 Å². The third kappa shape index (κ3) is 5.93. The van der Waals surface area contributed by atoms with Crippen LogP contribution in [0.15, 0.2) is 18.3 Å². The molecule has 0 saturated heterocycles. The normalized spacial score (nSPS) is 16.0. The van der Waals surface area contributed by atoms with Gasteiger partial charge in [-0.2, -0.15) is 11.8 Å². The van der Waals surface area contributed by atoms with E-state index in [1.807, 2.05) is 18.8 Å². The van der Waals surface area contributed by atoms with E-state index in [2.05, 4.69) is 42.4 Å². The van der Waals surface area contributed by atoms with Crippen LogP contribution < -0.4 is 5.32 Å². The van der Waals surface area contributed by atoms with Crippen LogP contribution in [0.2, 0.25) is 0 Å². The Kier molecular flexibility index (Phi) is 8.22. The van der Waals surface area contributed by atoms with Crippen molar-refractivity contribution in [2.75, 3.05) is 32.6 Å². The molecular formula is C16H28FN3S. The molecule has 0 bridgehead atoms. The van der Waals surface area contributed by atoms with E-state index in [1.54, 1.807) is 6.07 Å². The van der Waals surface area contributed by atoms with Crippen LogP contribution in [0.25, 0.3) is 0 Å². The average molecular weight is 313 g/mol. The Morgan fingerprint density at radius 1 is 1.38 bits per heavy atom. The summed E-state index contributed by atoms with van der Waals surface area (Å²) in [7, 11) is 4.11. The largest absolute Gasteiger partial charge is 0.311 e. The Labute approximate surface area is 132 Å². The van der Waals surface area contributed by atoms with Gasteiger partial charge in [0.2, 0.25) is 0 Å². The first-order valence-electron chi connectivity index (χ1n) is 7.47. The highest BCUT2D eigenvalue weighted by Gasteiger charge is 2.21. The molecule has 0 aliphatic carbocycles. The van der Waals surface area contributed by atoms with Gasteiger partial charge in [-0.15, -0.1) is 0 Å². The van der Waals surface area contributed by atoms with Crippen LogP contribution in [0.4, 0.5) is 4.39 Å². The van der Waals surface area contributed by atoms with Gasteiger partial charge in [-0.1, -0.05) is 6.92 Å². The van der Waals surface area contributed by atoms with Gasteiger partial charge in [0.15, 0.2) is 0 Å². The van der Waals surface area contributed by atoms with Crippen molar-refractivity contribution in [3.8, 4) is 0 Å². The van der Waals surface area contributed by atoms with Crippen LogP contribution in [-0.4, -0.2) is 48.6 Å². The molecule has 3 unspecified atom stereocenters. The molecule has 21 heavy (non-hydrogen) atoms. The summed E-state index contributed by atoms with van der Waals surface area (Å²) in [6, 6.07) is 3.95. The lowest BCUT2D eigenvalue weighted by molar-refractivity contribution is 0.198. The van der Waals surface area contributed by atoms with Gasteiger partial charge < -0.3 is 10.2 Å². The molecule has 1 aromatic rings. The summed E-state index contributed by atoms with van der Waals surface area (Å²) in [6.45, 7) is 5.47. The van der Waals surface area contributed by atoms with E-state index in [9.17, 15) is 4.39 Å². The van der Waals surface area contributed by atoms with Gasteiger partial charge in [0.05, 0.1) is 17.9 Å². The Morgan fingerprint density at radius 2 is 2.10 bits per heavy atom. The smallest absolute Gasteiger partial charge is 0.141 e. The summed E-state index contributed by atoms with van der Waals surface area (Å²) in [5.41, 5.74) is 0.900. The number of rotatable bonds is 9. The van der Waals surface area contributed by atoms with Crippen LogP contribution >= 0.6 is 11.8 Å². The third-order valence-corrected chi connectivity index (χ3v) is 4.66. The fourth-order valence-electron chi connectivity index (χ4n) is 2.54. The van der Waals surface area contributed by atoms with Crippen molar-refractivity contribution in [3.05, 3.63) is 29.8 Å². The van der Waals surface area contributed by atoms with Crippen molar-refractivity contribution in [1.82, 2.24) is 15.2 Å². The first-order valence-corrected chi connectivity index (χ1v) is 8.86. The molecule has 1 rings (SSSR count). The zero-order chi connectivity index (χ0) is 15.8. The van der Waals surface area contributed by atoms with Gasteiger partial charge in [0.1, 0.15) is 5.82 Å². The second-order valence-corrected chi connectivity index (χ2v) is 6.70. The first kappa shape index (κ1) is 18.4. The zero-order valence-electron chi connectivity index (χ0n) is 13.8. The molecule has 0 spiro atoms. The molecule has 3 atom stereocenters. The molecule has 120 valence electrons. The van der Waals surface area contributed by atoms with Gasteiger partial charge in [0.25, 0.3) is 0 Å². The quantitative estimate of drug-likeness (QED) is 0.758. The minimum absolute atomic E-state index is 0.140. The monoisotopic (exact) mass is 313 g/mol. The van der Waals surface area contributed by atoms with Gasteiger partial charge >= 0.3 is 0 Å². The molecule has 0 saturated carbocycles. The zero-order valence-corrected chi connectivity index (χ0v) is 14.6. The number of halogens is 1. The summed E-state index contributed by atoms with van der Waals surface area (Å²) >= 11 is 1.89. The van der Waals surface area contributed by atoms with Crippen LogP contribution in [-0.2, 0) is 0 Å². The van der Waals surface area contributed by atoms with E-state index >= 15 is 0 Å². The minimum Gasteiger partial charge on any atom is -0.311 e. The summed E-state index contributed by atoms with van der Waals surface area (Å²) < 4.78 is 13.0. The van der Waals surface area contributed by atoms with E-state index < -0.39 is 0 Å². The van der Waals surface area contributed by atoms with E-state index in [1.165, 1.54) is 24.4 Å². The maximum atomic E-state index is 13.0. The molecule has 0 amide bonds. The fraction of sp³-hybridized carbons (Fsp3) is 0.688. The topological polar surface area (TPSA) is 28.2 Å². The number of pyridine rings is 1. The molecule has 0 aliphatic rings. The summed E-state index contributed by atoms with van der Waals surface area (Å²) in [4.78, 5) is 6.61. The molecule has 1 aromatic heterocycles. The molecular weight excluding hydrogens is 285 g/mol. The van der Waals surface area contributed by atoms with Gasteiger partial charge in [-0.05, 0) is 57.5 Å². The molecule has 3 nitrogen and oxygen atoms in total. The number of hydrogen-bond acceptors (Lipinski definition) is 4. The lowest BCUT2D eigenvalue weighted by Gasteiger charge is -2.31. The number of nitrogens with zero attached hydrogens (tertiary/aromatic N) is 2. The summed E-state index contributed by atoms with van der Waals surface area (Å²) in [6.07, 6.45) is 4.63. The average Bonchev–Trinajstić information content (AvgIpc) is 2.47. The van der Waals surface area contributed by atoms with E-state index in [0.717, 1.165) is 12.2 Å². The van der Waals surface area contributed by atoms with Crippen LogP contribution in [0.3, 0.4) is 0 Å². The molecule has 5 heteroatoms. The van der Waals surface area contributed by atoms with Crippen LogP contribution in [0, 0.1) is 11.7 Å². The molecule has 0 fully saturated rings. The van der Waals surface area contributed by atoms with Crippen molar-refractivity contribution in [2.45, 2.75) is 32.4 Å². The predicted molar refractivity (Wildman–Crippen MR) is 90.3 cm³/mol. The molecule has 0 aliphatic heterocycles. The molecule has 1 heterocycles. The van der Waals surface area contributed by atoms with Crippen LogP contribution in [0.1, 0.15) is 32.0 Å². The summed E-state index contributed by atoms with van der Waals surface area (Å²) in [5, 5.41) is 3.31. The molecule has 0 radical (unpaired) electrons. The van der Waals surface area contributed by atoms with Crippen molar-refractivity contribution in [1.29, 1.82) is 0 Å². The number of thioether (sulfide) groups is 1. The molecule has 0 aromatic carbocycles. The lowest BCUT2D eigenvalue weighted by atomic mass is 9.97. The highest BCUT2D eigenvalue weighted by molar-refractivity contribution is 7.98. The predicted octanol–water partition coefficient (Wildman–Crippen LogP) is 3.19. The minimum atomic E-state index is -0.288. The maximum Gasteiger partial charge on any atom is 0.141 e. The number of hydrogen-bond donors (Lipinski definition) is 1. The first-order chi connectivity index (χ1) is 9.99. The highest BCUT2D eigenvalue weighted by atomic mass is 32.2. The lowest BCUT2D eigenvalue weighted by Crippen LogP contribution is -2.37. The highest BCUT2D eigenvalue weighted by Crippen LogP contribution is 2.21. The maximum absolute atomic E-state index is 13.0. The van der Waals surface area contributed by atoms with Gasteiger partial charge in [-0.25, -0.2) is 4.39 Å². The van der Waals surface area contributed by atoms with Crippen molar-refractivity contribution >= 4 is 11.8 Å². The second-order valence-electron chi connectivity index (χ2n) is 5.71. The number of nitrogens with one attached hydrogen (secondary N) is 1. The second kappa shape index (κ2) is 9.38. The Hall–Kier alpha value is -0.650. The SMILES string of the molecule is CNC(c1ccc(F)cn1)C(C)CN(C)C(C)CCSC. The Bertz CT molecular complexity index is 399. The van der Waals surface area contributed by atoms with E-state index in [-0.39, 0.29) is 11.9 Å². The van der Waals surface area contributed by atoms with E-state index in [4.69, 9.17) is 0 Å². The van der Waals surface area contributed by atoms with Crippen molar-refractivity contribution in [3.63, 3.8) is 0 Å². The van der Waals surface area contributed by atoms with E-state index in [0.29, 0.717) is 12.0 Å². The number of aromatic nitrogens is 1. The standard InChI is InChI=1S/C16H28FN3S/c1-12(11-20(4)13(2)8-9-21-5)16(18-3)15-7-6-14(17)10-19-15/h6-7,10,12-13,16,18H,8-9,11H2,1-5H3. The fourth-order valence-corrected chi connectivity index (χ4v) is 3.12. The van der Waals surface area contributed by atoms with Gasteiger partial charge in [-0.3, -0.25) is 4.98 Å². The Morgan fingerprint density at radius 3 is 2.62 bits per heavy atom. The summed E-state index contributed by atoms with van der Waals surface area (Å²) in [5.74, 6) is 1.30. The van der Waals surface area contributed by atoms with Crippen molar-refractivity contribution < 1.29 is 4.39 Å². The van der Waals surface area contributed by atoms with Crippen LogP contribution in [0.5, 0.6) is 0 Å². The Balaban J connectivity index is 2.62. The van der Waals surface area contributed by atoms with Crippen molar-refractivity contribution in [2.24, 2.45) is 5.92 Å².